The van der Waals surface area contributed by atoms with Gasteiger partial charge in [0.25, 0.3) is 0 Å². The summed E-state index contributed by atoms with van der Waals surface area (Å²) in [4.78, 5) is 36.7. The van der Waals surface area contributed by atoms with Crippen molar-refractivity contribution < 1.29 is 23.9 Å². The molecule has 2 atom stereocenters. The number of ketones is 1. The minimum Gasteiger partial charge on any atom is -0.481 e. The van der Waals surface area contributed by atoms with E-state index in [4.69, 9.17) is 4.42 Å². The van der Waals surface area contributed by atoms with Gasteiger partial charge in [0.1, 0.15) is 11.1 Å². The summed E-state index contributed by atoms with van der Waals surface area (Å²) in [7, 11) is 0. The maximum atomic E-state index is 12.7. The number of carbonyl (C=O) groups excluding carboxylic acids is 2. The molecule has 1 heterocycles. The van der Waals surface area contributed by atoms with Gasteiger partial charge in [0.2, 0.25) is 0 Å². The molecule has 3 rings (SSSR count). The summed E-state index contributed by atoms with van der Waals surface area (Å²) < 4.78 is 4.95. The predicted molar refractivity (Wildman–Crippen MR) is 79.8 cm³/mol. The van der Waals surface area contributed by atoms with Crippen LogP contribution in [0.2, 0.25) is 0 Å². The minimum atomic E-state index is -1.38. The molecular formula is C16H18N2O5. The molecular weight excluding hydrogens is 300 g/mol. The molecule has 1 amide bonds. The Balaban J connectivity index is 2.02. The molecule has 0 saturated heterocycles. The van der Waals surface area contributed by atoms with Crippen molar-refractivity contribution in [2.75, 3.05) is 0 Å². The summed E-state index contributed by atoms with van der Waals surface area (Å²) in [6.45, 7) is 5.34. The zero-order valence-electron chi connectivity index (χ0n) is 13.2. The summed E-state index contributed by atoms with van der Waals surface area (Å²) in [6.07, 6.45) is 2.16. The Morgan fingerprint density at radius 3 is 2.57 bits per heavy atom. The topological polar surface area (TPSA) is 109 Å². The van der Waals surface area contributed by atoms with Crippen LogP contribution in [0, 0.1) is 16.2 Å². The first-order chi connectivity index (χ1) is 10.7. The second-order valence-electron chi connectivity index (χ2n) is 6.88. The third kappa shape index (κ3) is 1.64. The number of hydrogen-bond acceptors (Lipinski definition) is 5. The van der Waals surface area contributed by atoms with Crippen LogP contribution in [0.5, 0.6) is 0 Å². The average Bonchev–Trinajstić information content (AvgIpc) is 3.10. The van der Waals surface area contributed by atoms with Crippen molar-refractivity contribution in [1.29, 1.82) is 0 Å². The van der Waals surface area contributed by atoms with Crippen molar-refractivity contribution >= 4 is 23.4 Å². The molecule has 2 aliphatic rings. The van der Waals surface area contributed by atoms with Gasteiger partial charge in [-0.1, -0.05) is 20.8 Å². The van der Waals surface area contributed by atoms with Crippen molar-refractivity contribution in [3.8, 4) is 0 Å². The molecule has 23 heavy (non-hydrogen) atoms. The zero-order valence-corrected chi connectivity index (χ0v) is 13.2. The number of aliphatic carboxylic acids is 1. The van der Waals surface area contributed by atoms with Gasteiger partial charge in [-0.3, -0.25) is 14.4 Å². The molecule has 0 aromatic carbocycles. The Hall–Kier alpha value is -2.44. The normalized spacial score (nSPS) is 33.2. The minimum absolute atomic E-state index is 0.0415. The summed E-state index contributed by atoms with van der Waals surface area (Å²) in [5.74, 6) is -1.97. The molecule has 2 fully saturated rings. The molecule has 7 nitrogen and oxygen atoms in total. The monoisotopic (exact) mass is 318 g/mol. The van der Waals surface area contributed by atoms with Crippen LogP contribution in [-0.2, 0) is 9.59 Å². The van der Waals surface area contributed by atoms with Crippen LogP contribution in [0.4, 0.5) is 0 Å². The predicted octanol–water partition coefficient (Wildman–Crippen LogP) is 1.85. The van der Waals surface area contributed by atoms with E-state index in [0.29, 0.717) is 12.8 Å². The van der Waals surface area contributed by atoms with Crippen LogP contribution >= 0.6 is 0 Å². The lowest BCUT2D eigenvalue weighted by Crippen LogP contribution is -2.45. The molecule has 0 radical (unpaired) electrons. The molecule has 0 aliphatic heterocycles. The quantitative estimate of drug-likeness (QED) is 0.827. The van der Waals surface area contributed by atoms with Crippen LogP contribution in [-0.4, -0.2) is 28.5 Å². The molecule has 2 aliphatic carbocycles. The van der Waals surface area contributed by atoms with E-state index in [0.717, 1.165) is 0 Å². The van der Waals surface area contributed by atoms with Crippen LogP contribution in [0.3, 0.4) is 0 Å². The Morgan fingerprint density at radius 2 is 2.00 bits per heavy atom. The molecule has 1 aromatic heterocycles. The molecule has 0 unspecified atom stereocenters. The highest BCUT2D eigenvalue weighted by atomic mass is 16.4. The summed E-state index contributed by atoms with van der Waals surface area (Å²) >= 11 is 0. The number of Topliss-reactive ketones (excluding diaryl/α,β-unsaturated/α-hetero) is 1. The number of nitrogens with one attached hydrogen (secondary N) is 1. The number of hydrazone groups is 1. The van der Waals surface area contributed by atoms with Gasteiger partial charge in [-0.05, 0) is 30.4 Å². The molecule has 2 N–H and O–H groups in total. The lowest BCUT2D eigenvalue weighted by atomic mass is 9.65. The largest absolute Gasteiger partial charge is 0.481 e. The molecule has 7 heteroatoms. The fourth-order valence-corrected chi connectivity index (χ4v) is 3.99. The molecule has 122 valence electrons. The van der Waals surface area contributed by atoms with Gasteiger partial charge < -0.3 is 9.52 Å². The van der Waals surface area contributed by atoms with Crippen LogP contribution in [0.15, 0.2) is 27.9 Å². The highest BCUT2D eigenvalue weighted by Gasteiger charge is 2.77. The number of rotatable bonds is 3. The Bertz CT molecular complexity index is 734. The van der Waals surface area contributed by atoms with Crippen molar-refractivity contribution in [1.82, 2.24) is 5.43 Å². The van der Waals surface area contributed by atoms with Gasteiger partial charge >= 0.3 is 11.9 Å². The van der Waals surface area contributed by atoms with Gasteiger partial charge in [-0.25, -0.2) is 5.43 Å². The Labute approximate surface area is 132 Å². The second kappa shape index (κ2) is 4.53. The average molecular weight is 318 g/mol. The summed E-state index contributed by atoms with van der Waals surface area (Å²) in [6, 6.07) is 3.00. The first-order valence-corrected chi connectivity index (χ1v) is 7.39. The van der Waals surface area contributed by atoms with E-state index in [1.807, 2.05) is 0 Å². The van der Waals surface area contributed by atoms with Gasteiger partial charge in [-0.2, -0.15) is 5.10 Å². The van der Waals surface area contributed by atoms with Gasteiger partial charge in [0, 0.05) is 5.41 Å². The van der Waals surface area contributed by atoms with Crippen molar-refractivity contribution in [3.63, 3.8) is 0 Å². The third-order valence-electron chi connectivity index (χ3n) is 5.95. The number of nitrogens with zero attached hydrogens (tertiary/aromatic N) is 1. The summed E-state index contributed by atoms with van der Waals surface area (Å²) in [5.41, 5.74) is -0.784. The van der Waals surface area contributed by atoms with E-state index in [9.17, 15) is 19.5 Å². The molecule has 1 aromatic rings. The smallest absolute Gasteiger partial charge is 0.316 e. The number of amides is 1. The molecule has 2 saturated carbocycles. The SMILES string of the molecule is CC1(C)[C@@]2(C)CC[C@@]1(C(=O)O)/C(=N/NC(=O)c1ccco1)C2=O. The number of carboxylic acid groups (broad SMARTS) is 1. The van der Waals surface area contributed by atoms with E-state index in [2.05, 4.69) is 10.5 Å². The molecule has 0 spiro atoms. The van der Waals surface area contributed by atoms with Crippen LogP contribution in [0.25, 0.3) is 0 Å². The van der Waals surface area contributed by atoms with Crippen LogP contribution < -0.4 is 5.43 Å². The maximum absolute atomic E-state index is 12.7. The third-order valence-corrected chi connectivity index (χ3v) is 5.95. The van der Waals surface area contributed by atoms with Gasteiger partial charge in [0.05, 0.1) is 6.26 Å². The van der Waals surface area contributed by atoms with E-state index >= 15 is 0 Å². The highest BCUT2D eigenvalue weighted by Crippen LogP contribution is 2.69. The Kier molecular flexibility index (Phi) is 3.05. The number of fused-ring (bicyclic) bond motifs is 2. The zero-order chi connectivity index (χ0) is 17.0. The van der Waals surface area contributed by atoms with Gasteiger partial charge in [0.15, 0.2) is 11.5 Å². The fraction of sp³-hybridized carbons (Fsp3) is 0.500. The van der Waals surface area contributed by atoms with E-state index < -0.39 is 28.1 Å². The fourth-order valence-electron chi connectivity index (χ4n) is 3.99. The first kappa shape index (κ1) is 15.5. The molecule has 2 bridgehead atoms. The number of hydrogen-bond donors (Lipinski definition) is 2. The highest BCUT2D eigenvalue weighted by molar-refractivity contribution is 6.50. The first-order valence-electron chi connectivity index (χ1n) is 7.39. The van der Waals surface area contributed by atoms with Crippen LogP contribution in [0.1, 0.15) is 44.2 Å². The van der Waals surface area contributed by atoms with Gasteiger partial charge in [-0.15, -0.1) is 0 Å². The van der Waals surface area contributed by atoms with E-state index in [1.165, 1.54) is 12.3 Å². The van der Waals surface area contributed by atoms with E-state index in [1.54, 1.807) is 26.8 Å². The summed E-state index contributed by atoms with van der Waals surface area (Å²) in [5, 5.41) is 13.7. The van der Waals surface area contributed by atoms with E-state index in [-0.39, 0.29) is 17.3 Å². The lowest BCUT2D eigenvalue weighted by Gasteiger charge is -2.36. The maximum Gasteiger partial charge on any atom is 0.316 e. The number of carbonyl (C=O) groups is 3. The van der Waals surface area contributed by atoms with Crippen molar-refractivity contribution in [3.05, 3.63) is 24.2 Å². The second-order valence-corrected chi connectivity index (χ2v) is 6.88. The van der Waals surface area contributed by atoms with Crippen molar-refractivity contribution in [2.45, 2.75) is 33.6 Å². The number of furan rings is 1. The Morgan fingerprint density at radius 1 is 1.30 bits per heavy atom. The standard InChI is InChI=1S/C16H18N2O5/c1-14(2)15(3)6-7-16(14,13(21)22)10(11(15)19)17-18-12(20)9-5-4-8-23-9/h4-5,8H,6-7H2,1-3H3,(H,18,20)(H,21,22)/b17-10+/t15-,16-/m0/s1. The lowest BCUT2D eigenvalue weighted by molar-refractivity contribution is -0.149. The number of carboxylic acids is 1. The van der Waals surface area contributed by atoms with Crippen molar-refractivity contribution in [2.24, 2.45) is 21.3 Å².